The summed E-state index contributed by atoms with van der Waals surface area (Å²) in [5.74, 6) is -1.62. The van der Waals surface area contributed by atoms with Crippen molar-refractivity contribution in [2.24, 2.45) is 0 Å². The van der Waals surface area contributed by atoms with Gasteiger partial charge in [-0.25, -0.2) is 9.13 Å². The Hall–Kier alpha value is -4.57. The summed E-state index contributed by atoms with van der Waals surface area (Å²) in [5, 5.41) is 20.6. The number of phosphoric acid groups is 2. The van der Waals surface area contributed by atoms with Crippen molar-refractivity contribution in [3.8, 4) is 0 Å². The number of aliphatic hydroxyl groups excluding tert-OH is 2. The Morgan fingerprint density at radius 2 is 0.515 bits per heavy atom. The van der Waals surface area contributed by atoms with Crippen molar-refractivity contribution < 1.29 is 75.8 Å². The fourth-order valence-electron chi connectivity index (χ4n) is 10.4. The van der Waals surface area contributed by atoms with Crippen molar-refractivity contribution >= 4 is 33.6 Å². The molecule has 0 saturated heterocycles. The van der Waals surface area contributed by atoms with Crippen molar-refractivity contribution in [2.45, 2.75) is 334 Å². The second-order valence-corrected chi connectivity index (χ2v) is 29.4. The minimum Gasteiger partial charge on any atom is -0.463 e. The number of carbonyl (C=O) groups is 3. The molecular weight excluding hydrogens is 1340 g/mol. The van der Waals surface area contributed by atoms with Crippen LogP contribution in [0.2, 0.25) is 0 Å². The maximum atomic E-state index is 13.0. The van der Waals surface area contributed by atoms with Crippen LogP contribution in [0.5, 0.6) is 0 Å². The average molecular weight is 1480 g/mol. The number of rotatable bonds is 75. The highest BCUT2D eigenvalue weighted by atomic mass is 31.2. The first-order valence-corrected chi connectivity index (χ1v) is 43.1. The lowest BCUT2D eigenvalue weighted by Gasteiger charge is -2.21. The third-order valence-corrected chi connectivity index (χ3v) is 18.4. The minimum absolute atomic E-state index is 0.0696. The molecule has 0 aliphatic heterocycles. The lowest BCUT2D eigenvalue weighted by Crippen LogP contribution is -2.30. The van der Waals surface area contributed by atoms with Gasteiger partial charge in [-0.1, -0.05) is 295 Å². The molecule has 5 unspecified atom stereocenters. The summed E-state index contributed by atoms with van der Waals surface area (Å²) in [6.07, 6.45) is 94.5. The first-order chi connectivity index (χ1) is 50.2. The Morgan fingerprint density at radius 3 is 0.816 bits per heavy atom. The maximum Gasteiger partial charge on any atom is 0.472 e. The van der Waals surface area contributed by atoms with E-state index in [1.54, 1.807) is 0 Å². The van der Waals surface area contributed by atoms with Gasteiger partial charge in [0.1, 0.15) is 25.4 Å². The Balaban J connectivity index is 4.63. The van der Waals surface area contributed by atoms with Crippen LogP contribution in [-0.2, 0) is 55.8 Å². The molecule has 0 aromatic rings. The Labute approximate surface area is 626 Å². The summed E-state index contributed by atoms with van der Waals surface area (Å²) < 4.78 is 61.2. The molecule has 0 saturated carbocycles. The molecule has 5 atom stereocenters. The van der Waals surface area contributed by atoms with E-state index in [2.05, 4.69) is 167 Å². The predicted octanol–water partition coefficient (Wildman–Crippen LogP) is 23.7. The number of carbonyl (C=O) groups excluding carboxylic acids is 3. The van der Waals surface area contributed by atoms with Crippen molar-refractivity contribution in [2.75, 3.05) is 39.6 Å². The van der Waals surface area contributed by atoms with Crippen LogP contribution in [0.25, 0.3) is 0 Å². The zero-order chi connectivity index (χ0) is 75.2. The number of phosphoric ester groups is 2. The quantitative estimate of drug-likeness (QED) is 0.0146. The van der Waals surface area contributed by atoms with E-state index in [9.17, 15) is 43.5 Å². The number of esters is 3. The minimum atomic E-state index is -4.95. The van der Waals surface area contributed by atoms with Crippen molar-refractivity contribution in [1.82, 2.24) is 0 Å². The van der Waals surface area contributed by atoms with Gasteiger partial charge < -0.3 is 34.2 Å². The largest absolute Gasteiger partial charge is 0.472 e. The van der Waals surface area contributed by atoms with E-state index in [0.29, 0.717) is 19.3 Å². The standard InChI is InChI=1S/C85H144O16P2/c1-4-7-10-13-16-19-22-25-28-31-33-35-37-38-39-40-42-44-45-48-50-53-56-59-62-65-68-71-83(88)95-74-80(86)75-97-102(91,92)98-76-81(87)77-99-103(93,94)100-79-82(101-85(90)73-70-67-64-61-58-55-52-47-30-27-24-21-18-15-12-9-6-3)78-96-84(89)72-69-66-63-60-57-54-51-49-46-43-41-36-34-32-29-26-23-20-17-14-11-8-5-2/h9,12,16-21,25-30,33-36,38-39,43,46,52,55,80-82,86-87H,4-8,10-11,13-15,22-24,31-32,37,40-42,44-45,47-51,53-54,56-79H2,1-3H3,(H,91,92)(H,93,94)/b12-9-,19-16-,20-17-,21-18-,28-25-,29-26-,30-27-,35-33-,36-34-,39-38-,46-43-,55-52-. The fraction of sp³-hybridized carbons (Fsp3) is 0.682. The molecule has 0 aliphatic rings. The first kappa shape index (κ1) is 98.4. The second-order valence-electron chi connectivity index (χ2n) is 26.5. The molecular formula is C85H144O16P2. The maximum absolute atomic E-state index is 13.0. The molecule has 0 aromatic heterocycles. The summed E-state index contributed by atoms with van der Waals surface area (Å²) in [7, 11) is -9.81. The lowest BCUT2D eigenvalue weighted by molar-refractivity contribution is -0.161. The van der Waals surface area contributed by atoms with Crippen molar-refractivity contribution in [3.05, 3.63) is 146 Å². The van der Waals surface area contributed by atoms with E-state index in [1.807, 2.05) is 0 Å². The molecule has 0 spiro atoms. The van der Waals surface area contributed by atoms with E-state index < -0.39 is 91.5 Å². The molecule has 0 radical (unpaired) electrons. The van der Waals surface area contributed by atoms with Crippen LogP contribution in [0.1, 0.15) is 316 Å². The number of allylic oxidation sites excluding steroid dienone is 24. The summed E-state index contributed by atoms with van der Waals surface area (Å²) in [6, 6.07) is 0. The molecule has 0 rings (SSSR count). The normalized spacial score (nSPS) is 14.7. The van der Waals surface area contributed by atoms with Crippen LogP contribution in [0, 0.1) is 0 Å². The van der Waals surface area contributed by atoms with Gasteiger partial charge in [0.05, 0.1) is 26.4 Å². The molecule has 0 fully saturated rings. The van der Waals surface area contributed by atoms with Gasteiger partial charge >= 0.3 is 33.6 Å². The van der Waals surface area contributed by atoms with Gasteiger partial charge in [-0.05, 0) is 148 Å². The molecule has 0 bridgehead atoms. The molecule has 0 aliphatic carbocycles. The summed E-state index contributed by atoms with van der Waals surface area (Å²) >= 11 is 0. The van der Waals surface area contributed by atoms with Crippen LogP contribution in [0.15, 0.2) is 146 Å². The van der Waals surface area contributed by atoms with E-state index >= 15 is 0 Å². The molecule has 0 heterocycles. The third kappa shape index (κ3) is 78.3. The van der Waals surface area contributed by atoms with E-state index in [4.69, 9.17) is 32.3 Å². The van der Waals surface area contributed by atoms with Crippen LogP contribution in [-0.4, -0.2) is 95.9 Å². The van der Waals surface area contributed by atoms with Crippen molar-refractivity contribution in [1.29, 1.82) is 0 Å². The number of hydrogen-bond donors (Lipinski definition) is 4. The van der Waals surface area contributed by atoms with Crippen LogP contribution in [0.3, 0.4) is 0 Å². The monoisotopic (exact) mass is 1480 g/mol. The Morgan fingerprint density at radius 1 is 0.282 bits per heavy atom. The van der Waals surface area contributed by atoms with Crippen LogP contribution < -0.4 is 0 Å². The van der Waals surface area contributed by atoms with E-state index in [-0.39, 0.29) is 19.3 Å². The van der Waals surface area contributed by atoms with Crippen LogP contribution in [0.4, 0.5) is 0 Å². The number of unbranched alkanes of at least 4 members (excludes halogenated alkanes) is 28. The zero-order valence-electron chi connectivity index (χ0n) is 64.4. The van der Waals surface area contributed by atoms with Gasteiger partial charge in [0.2, 0.25) is 0 Å². The topological polar surface area (TPSA) is 231 Å². The van der Waals surface area contributed by atoms with Gasteiger partial charge in [0, 0.05) is 19.3 Å². The zero-order valence-corrected chi connectivity index (χ0v) is 66.2. The van der Waals surface area contributed by atoms with Gasteiger partial charge in [0.15, 0.2) is 6.10 Å². The molecule has 0 aromatic carbocycles. The smallest absolute Gasteiger partial charge is 0.463 e. The van der Waals surface area contributed by atoms with Gasteiger partial charge in [-0.3, -0.25) is 32.5 Å². The van der Waals surface area contributed by atoms with E-state index in [1.165, 1.54) is 96.3 Å². The van der Waals surface area contributed by atoms with Crippen molar-refractivity contribution in [3.63, 3.8) is 0 Å². The first-order valence-electron chi connectivity index (χ1n) is 40.1. The van der Waals surface area contributed by atoms with E-state index in [0.717, 1.165) is 161 Å². The molecule has 4 N–H and O–H groups in total. The average Bonchev–Trinajstić information content (AvgIpc) is 0.936. The SMILES string of the molecule is CC/C=C\C/C=C\C/C=C\C/C=C\CCCCCCC(=O)OC(COC(=O)CCCCCCCCC/C=C\C/C=C\C/C=C\C/C=C\CCCCC)COP(=O)(O)OCC(O)COP(=O)(O)OCC(O)COC(=O)CCCCCCCCCCCCC/C=C\C/C=C\C/C=C\C/C=C\CCCCC. The number of aliphatic hydroxyl groups is 2. The Kier molecular flexibility index (Phi) is 73.6. The molecule has 16 nitrogen and oxygen atoms in total. The highest BCUT2D eigenvalue weighted by molar-refractivity contribution is 7.47. The highest BCUT2D eigenvalue weighted by Crippen LogP contribution is 2.45. The highest BCUT2D eigenvalue weighted by Gasteiger charge is 2.29. The van der Waals surface area contributed by atoms with Gasteiger partial charge in [-0.2, -0.15) is 0 Å². The third-order valence-electron chi connectivity index (χ3n) is 16.5. The molecule has 0 amide bonds. The summed E-state index contributed by atoms with van der Waals surface area (Å²) in [6.45, 7) is 2.47. The molecule has 18 heteroatoms. The number of ether oxygens (including phenoxy) is 3. The molecule has 103 heavy (non-hydrogen) atoms. The van der Waals surface area contributed by atoms with Crippen LogP contribution >= 0.6 is 15.6 Å². The summed E-state index contributed by atoms with van der Waals surface area (Å²) in [5.41, 5.74) is 0. The second kappa shape index (κ2) is 77.1. The number of hydrogen-bond acceptors (Lipinski definition) is 14. The van der Waals surface area contributed by atoms with Gasteiger partial charge in [-0.15, -0.1) is 0 Å². The van der Waals surface area contributed by atoms with Gasteiger partial charge in [0.25, 0.3) is 0 Å². The Bertz CT molecular complexity index is 2450. The lowest BCUT2D eigenvalue weighted by atomic mass is 10.0. The molecule has 590 valence electrons. The fourth-order valence-corrected chi connectivity index (χ4v) is 12.0. The summed E-state index contributed by atoms with van der Waals surface area (Å²) in [4.78, 5) is 58.7. The predicted molar refractivity (Wildman–Crippen MR) is 426 cm³/mol.